The van der Waals surface area contributed by atoms with Crippen molar-refractivity contribution in [3.63, 3.8) is 0 Å². The molecule has 6 N–H and O–H groups in total. The number of aliphatic hydroxyl groups excluding tert-OH is 5. The van der Waals surface area contributed by atoms with Gasteiger partial charge in [0.1, 0.15) is 29.9 Å². The monoisotopic (exact) mass is 648 g/mol. The highest BCUT2D eigenvalue weighted by Gasteiger charge is 2.81. The molecule has 17 unspecified atom stereocenters. The van der Waals surface area contributed by atoms with E-state index < -0.39 is 123 Å². The smallest absolute Gasteiger partial charge is 0.343 e. The van der Waals surface area contributed by atoms with E-state index in [4.69, 9.17) is 9.47 Å². The number of esters is 2. The number of hydrogen-bond donors (Lipinski definition) is 6. The lowest BCUT2D eigenvalue weighted by Crippen LogP contribution is -2.73. The Morgan fingerprint density at radius 2 is 1.61 bits per heavy atom. The van der Waals surface area contributed by atoms with Crippen molar-refractivity contribution in [3.8, 4) is 0 Å². The van der Waals surface area contributed by atoms with Crippen molar-refractivity contribution in [3.05, 3.63) is 11.8 Å². The summed E-state index contributed by atoms with van der Waals surface area (Å²) in [5.41, 5.74) is -6.70. The van der Waals surface area contributed by atoms with Crippen molar-refractivity contribution in [1.29, 1.82) is 0 Å². The predicted octanol–water partition coefficient (Wildman–Crippen LogP) is 0.279. The highest BCUT2D eigenvalue weighted by atomic mass is 16.6. The summed E-state index contributed by atoms with van der Waals surface area (Å²) in [6.07, 6.45) is -7.66. The molecule has 0 spiro atoms. The third-order valence-corrected chi connectivity index (χ3v) is 13.7. The maximum atomic E-state index is 14.4. The topological polar surface area (TPSA) is 208 Å². The molecule has 0 aromatic rings. The zero-order chi connectivity index (χ0) is 34.2. The number of ether oxygens (including phenoxy) is 2. The van der Waals surface area contributed by atoms with Crippen LogP contribution in [0, 0.1) is 63.6 Å². The van der Waals surface area contributed by atoms with E-state index in [1.165, 1.54) is 13.8 Å². The van der Waals surface area contributed by atoms with Crippen LogP contribution < -0.4 is 0 Å². The molecule has 5 aliphatic carbocycles. The molecule has 12 heteroatoms. The van der Waals surface area contributed by atoms with Crippen LogP contribution in [0.25, 0.3) is 0 Å². The first-order chi connectivity index (χ1) is 21.2. The van der Waals surface area contributed by atoms with Gasteiger partial charge in [0.15, 0.2) is 11.4 Å². The maximum absolute atomic E-state index is 14.4. The number of fused-ring (bicyclic) bond motifs is 9. The molecule has 5 fully saturated rings. The van der Waals surface area contributed by atoms with Gasteiger partial charge in [-0.2, -0.15) is 0 Å². The van der Waals surface area contributed by atoms with Crippen molar-refractivity contribution in [1.82, 2.24) is 0 Å². The molecule has 6 aliphatic rings. The minimum atomic E-state index is -2.11. The molecule has 0 amide bonds. The first-order valence-electron chi connectivity index (χ1n) is 16.5. The number of Topliss-reactive ketones (excluding diaryl/α,β-unsaturated/α-hetero) is 2. The van der Waals surface area contributed by atoms with Gasteiger partial charge in [-0.3, -0.25) is 14.4 Å². The molecule has 1 saturated heterocycles. The molecule has 17 atom stereocenters. The van der Waals surface area contributed by atoms with Crippen molar-refractivity contribution in [2.45, 2.75) is 110 Å². The second kappa shape index (κ2) is 10.4. The molecule has 6 rings (SSSR count). The van der Waals surface area contributed by atoms with Gasteiger partial charge in [0.2, 0.25) is 0 Å². The Morgan fingerprint density at radius 1 is 0.978 bits per heavy atom. The van der Waals surface area contributed by atoms with Crippen LogP contribution in [0.3, 0.4) is 0 Å². The average molecular weight is 649 g/mol. The molecular weight excluding hydrogens is 600 g/mol. The SMILES string of the molecule is CC(=O)C12C(O)CC3C(C(=O)C(O)C4CC(O)C(O)C(OC(=O)CC(C)C)C43C)C1C(O)C1C2C(C)C=C2OC(=O)C(C)(O)C21C. The normalized spacial score (nSPS) is 54.1. The highest BCUT2D eigenvalue weighted by molar-refractivity contribution is 5.92. The highest BCUT2D eigenvalue weighted by Crippen LogP contribution is 2.74. The van der Waals surface area contributed by atoms with Crippen LogP contribution in [0.15, 0.2) is 11.8 Å². The summed E-state index contributed by atoms with van der Waals surface area (Å²) in [7, 11) is 0. The van der Waals surface area contributed by atoms with Gasteiger partial charge in [-0.1, -0.05) is 27.7 Å². The largest absolute Gasteiger partial charge is 0.459 e. The van der Waals surface area contributed by atoms with Gasteiger partial charge in [-0.25, -0.2) is 4.79 Å². The number of aliphatic hydroxyl groups is 6. The molecule has 0 bridgehead atoms. The van der Waals surface area contributed by atoms with Crippen LogP contribution in [0.4, 0.5) is 0 Å². The molecule has 46 heavy (non-hydrogen) atoms. The minimum Gasteiger partial charge on any atom is -0.459 e. The van der Waals surface area contributed by atoms with Gasteiger partial charge < -0.3 is 40.1 Å². The molecule has 1 aliphatic heterocycles. The van der Waals surface area contributed by atoms with Gasteiger partial charge in [0.25, 0.3) is 0 Å². The van der Waals surface area contributed by atoms with Crippen LogP contribution in [0.1, 0.15) is 67.7 Å². The quantitative estimate of drug-likeness (QED) is 0.227. The van der Waals surface area contributed by atoms with Crippen LogP contribution in [0.5, 0.6) is 0 Å². The molecule has 0 radical (unpaired) electrons. The molecule has 1 heterocycles. The van der Waals surface area contributed by atoms with E-state index in [9.17, 15) is 49.8 Å². The van der Waals surface area contributed by atoms with Crippen LogP contribution in [-0.2, 0) is 28.7 Å². The number of ketones is 2. The minimum absolute atomic E-state index is 0.0168. The van der Waals surface area contributed by atoms with E-state index >= 15 is 0 Å². The van der Waals surface area contributed by atoms with E-state index in [2.05, 4.69) is 0 Å². The third kappa shape index (κ3) is 3.82. The van der Waals surface area contributed by atoms with Gasteiger partial charge in [0.05, 0.1) is 29.1 Å². The van der Waals surface area contributed by atoms with E-state index in [0.717, 1.165) is 0 Å². The maximum Gasteiger partial charge on any atom is 0.343 e. The lowest BCUT2D eigenvalue weighted by molar-refractivity contribution is -0.257. The molecule has 0 aromatic carbocycles. The van der Waals surface area contributed by atoms with Gasteiger partial charge in [-0.15, -0.1) is 0 Å². The molecule has 0 aromatic heterocycles. The Morgan fingerprint density at radius 3 is 2.20 bits per heavy atom. The van der Waals surface area contributed by atoms with Gasteiger partial charge in [-0.05, 0) is 63.4 Å². The Bertz CT molecular complexity index is 1390. The molecular formula is C34H48O12. The fraction of sp³-hybridized carbons (Fsp3) is 0.824. The second-order valence-corrected chi connectivity index (χ2v) is 16.1. The Hall–Kier alpha value is -2.22. The summed E-state index contributed by atoms with van der Waals surface area (Å²) >= 11 is 0. The van der Waals surface area contributed by atoms with Gasteiger partial charge in [0, 0.05) is 35.5 Å². The fourth-order valence-corrected chi connectivity index (χ4v) is 11.5. The van der Waals surface area contributed by atoms with E-state index in [1.54, 1.807) is 26.8 Å². The zero-order valence-corrected chi connectivity index (χ0v) is 27.4. The van der Waals surface area contributed by atoms with Crippen molar-refractivity contribution < 1.29 is 59.3 Å². The van der Waals surface area contributed by atoms with Crippen molar-refractivity contribution >= 4 is 23.5 Å². The Kier molecular flexibility index (Phi) is 7.61. The van der Waals surface area contributed by atoms with E-state index in [1.807, 2.05) is 13.8 Å². The fourth-order valence-electron chi connectivity index (χ4n) is 11.5. The van der Waals surface area contributed by atoms with Crippen molar-refractivity contribution in [2.75, 3.05) is 0 Å². The summed E-state index contributed by atoms with van der Waals surface area (Å²) in [6, 6.07) is 0. The predicted molar refractivity (Wildman–Crippen MR) is 158 cm³/mol. The summed E-state index contributed by atoms with van der Waals surface area (Å²) in [4.78, 5) is 54.4. The zero-order valence-electron chi connectivity index (χ0n) is 27.4. The summed E-state index contributed by atoms with van der Waals surface area (Å²) in [5, 5.41) is 70.1. The van der Waals surface area contributed by atoms with E-state index in [-0.39, 0.29) is 30.9 Å². The van der Waals surface area contributed by atoms with Gasteiger partial charge >= 0.3 is 11.9 Å². The third-order valence-electron chi connectivity index (χ3n) is 13.7. The van der Waals surface area contributed by atoms with Crippen LogP contribution >= 0.6 is 0 Å². The first kappa shape index (κ1) is 33.7. The second-order valence-electron chi connectivity index (χ2n) is 16.1. The Labute approximate surface area is 268 Å². The summed E-state index contributed by atoms with van der Waals surface area (Å²) < 4.78 is 11.4. The number of carbonyl (C=O) groups excluding carboxylic acids is 4. The lowest BCUT2D eigenvalue weighted by atomic mass is 9.41. The number of allylic oxidation sites excluding steroid dienone is 1. The average Bonchev–Trinajstić information content (AvgIpc) is 3.34. The van der Waals surface area contributed by atoms with Crippen LogP contribution in [-0.4, -0.2) is 96.4 Å². The molecule has 12 nitrogen and oxygen atoms in total. The number of carbonyl (C=O) groups is 4. The van der Waals surface area contributed by atoms with E-state index in [0.29, 0.717) is 0 Å². The summed E-state index contributed by atoms with van der Waals surface area (Å²) in [6.45, 7) is 11.3. The Balaban J connectivity index is 1.54. The lowest BCUT2D eigenvalue weighted by Gasteiger charge is -2.64. The van der Waals surface area contributed by atoms with Crippen molar-refractivity contribution in [2.24, 2.45) is 63.6 Å². The number of rotatable bonds is 4. The van der Waals surface area contributed by atoms with Crippen LogP contribution in [0.2, 0.25) is 0 Å². The standard InChI is InChI=1S/C34H48O12/c1-12(2)8-20(38)46-29-26(40)17(36)10-16-25(39)27(41)21-15(31(16,29)5)11-18(37)34(14(4)35)22-13(3)9-19-32(6,24(22)28(42)23(21)34)33(7,44)30(43)45-19/h9,12-13,15-18,21-26,28-29,36-37,39-40,42,44H,8,10-11H2,1-7H3. The molecule has 256 valence electrons. The molecule has 4 saturated carbocycles. The summed E-state index contributed by atoms with van der Waals surface area (Å²) in [5.74, 6) is -9.35. The number of hydrogen-bond acceptors (Lipinski definition) is 12. The first-order valence-corrected chi connectivity index (χ1v) is 16.5.